The van der Waals surface area contributed by atoms with Crippen LogP contribution in [0.4, 0.5) is 0 Å². The Labute approximate surface area is 111 Å². The van der Waals surface area contributed by atoms with Crippen molar-refractivity contribution in [3.63, 3.8) is 0 Å². The molecule has 2 N–H and O–H groups in total. The number of nitrogens with two attached hydrogens (primary N) is 1. The van der Waals surface area contributed by atoms with Crippen molar-refractivity contribution in [3.05, 3.63) is 0 Å². The van der Waals surface area contributed by atoms with Crippen LogP contribution < -0.4 is 5.73 Å². The third-order valence-electron chi connectivity index (χ3n) is 4.92. The van der Waals surface area contributed by atoms with E-state index in [9.17, 15) is 4.79 Å². The van der Waals surface area contributed by atoms with Crippen LogP contribution in [0.3, 0.4) is 0 Å². The van der Waals surface area contributed by atoms with Gasteiger partial charge in [0.2, 0.25) is 5.91 Å². The largest absolute Gasteiger partial charge is 0.342 e. The molecule has 1 heterocycles. The van der Waals surface area contributed by atoms with Crippen LogP contribution in [0.25, 0.3) is 0 Å². The maximum atomic E-state index is 12.6. The van der Waals surface area contributed by atoms with Gasteiger partial charge in [-0.25, -0.2) is 0 Å². The summed E-state index contributed by atoms with van der Waals surface area (Å²) in [4.78, 5) is 14.7. The third kappa shape index (κ3) is 3.05. The molecule has 0 spiro atoms. The molecule has 4 atom stereocenters. The number of rotatable bonds is 1. The fourth-order valence-corrected chi connectivity index (χ4v) is 3.55. The Morgan fingerprint density at radius 1 is 1.00 bits per heavy atom. The van der Waals surface area contributed by atoms with Crippen LogP contribution in [-0.4, -0.2) is 29.9 Å². The molecule has 0 bridgehead atoms. The Morgan fingerprint density at radius 3 is 2.22 bits per heavy atom. The Bertz CT molecular complexity index is 284. The second-order valence-corrected chi connectivity index (χ2v) is 6.44. The van der Waals surface area contributed by atoms with Crippen molar-refractivity contribution in [2.75, 3.05) is 13.1 Å². The maximum Gasteiger partial charge on any atom is 0.226 e. The quantitative estimate of drug-likeness (QED) is 0.779. The first-order valence-corrected chi connectivity index (χ1v) is 7.64. The van der Waals surface area contributed by atoms with Gasteiger partial charge in [-0.3, -0.25) is 4.79 Å². The number of amides is 1. The molecule has 0 aromatic heterocycles. The van der Waals surface area contributed by atoms with E-state index < -0.39 is 0 Å². The summed E-state index contributed by atoms with van der Waals surface area (Å²) in [5.41, 5.74) is 6.16. The standard InChI is InChI=1S/C15H28N2O/c1-11-9-12(2)14(16)10-13(11)15(18)17-7-5-3-4-6-8-17/h11-14H,3-10,16H2,1-2H3. The molecule has 4 unspecified atom stereocenters. The maximum absolute atomic E-state index is 12.6. The van der Waals surface area contributed by atoms with Crippen LogP contribution in [0, 0.1) is 17.8 Å². The monoisotopic (exact) mass is 252 g/mol. The predicted octanol–water partition coefficient (Wildman–Crippen LogP) is 2.40. The van der Waals surface area contributed by atoms with Crippen LogP contribution in [0.15, 0.2) is 0 Å². The molecule has 3 nitrogen and oxygen atoms in total. The summed E-state index contributed by atoms with van der Waals surface area (Å²) >= 11 is 0. The van der Waals surface area contributed by atoms with Crippen molar-refractivity contribution < 1.29 is 4.79 Å². The molecular formula is C15H28N2O. The van der Waals surface area contributed by atoms with Gasteiger partial charge >= 0.3 is 0 Å². The molecule has 1 saturated heterocycles. The van der Waals surface area contributed by atoms with E-state index in [0.29, 0.717) is 17.7 Å². The van der Waals surface area contributed by atoms with Crippen LogP contribution in [0.5, 0.6) is 0 Å². The van der Waals surface area contributed by atoms with Gasteiger partial charge in [0.25, 0.3) is 0 Å². The van der Waals surface area contributed by atoms with Crippen molar-refractivity contribution in [2.24, 2.45) is 23.5 Å². The van der Waals surface area contributed by atoms with Crippen molar-refractivity contribution >= 4 is 5.91 Å². The molecule has 1 saturated carbocycles. The lowest BCUT2D eigenvalue weighted by atomic mass is 9.72. The molecule has 104 valence electrons. The Morgan fingerprint density at radius 2 is 1.61 bits per heavy atom. The van der Waals surface area contributed by atoms with E-state index in [2.05, 4.69) is 18.7 Å². The molecule has 0 radical (unpaired) electrons. The van der Waals surface area contributed by atoms with E-state index in [1.165, 1.54) is 25.7 Å². The summed E-state index contributed by atoms with van der Waals surface area (Å²) in [6, 6.07) is 0.210. The first-order chi connectivity index (χ1) is 8.59. The molecule has 1 aliphatic carbocycles. The van der Waals surface area contributed by atoms with Crippen molar-refractivity contribution in [1.82, 2.24) is 4.90 Å². The lowest BCUT2D eigenvalue weighted by molar-refractivity contribution is -0.139. The highest BCUT2D eigenvalue weighted by molar-refractivity contribution is 5.79. The molecule has 2 rings (SSSR count). The highest BCUT2D eigenvalue weighted by Gasteiger charge is 2.36. The average molecular weight is 252 g/mol. The summed E-state index contributed by atoms with van der Waals surface area (Å²) in [7, 11) is 0. The molecule has 2 fully saturated rings. The Hall–Kier alpha value is -0.570. The fraction of sp³-hybridized carbons (Fsp3) is 0.933. The minimum atomic E-state index is 0.175. The fourth-order valence-electron chi connectivity index (χ4n) is 3.55. The van der Waals surface area contributed by atoms with Crippen molar-refractivity contribution in [1.29, 1.82) is 0 Å². The van der Waals surface area contributed by atoms with E-state index in [1.807, 2.05) is 0 Å². The van der Waals surface area contributed by atoms with Gasteiger partial charge in [-0.2, -0.15) is 0 Å². The average Bonchev–Trinajstić information content (AvgIpc) is 2.61. The van der Waals surface area contributed by atoms with Gasteiger partial charge in [-0.15, -0.1) is 0 Å². The Kier molecular flexibility index (Phi) is 4.66. The molecule has 0 aromatic rings. The number of carbonyl (C=O) groups is 1. The number of nitrogens with zero attached hydrogens (tertiary/aromatic N) is 1. The van der Waals surface area contributed by atoms with Crippen molar-refractivity contribution in [3.8, 4) is 0 Å². The smallest absolute Gasteiger partial charge is 0.226 e. The van der Waals surface area contributed by atoms with Crippen LogP contribution in [-0.2, 0) is 4.79 Å². The van der Waals surface area contributed by atoms with Crippen LogP contribution in [0.1, 0.15) is 52.4 Å². The van der Waals surface area contributed by atoms with Crippen LogP contribution in [0.2, 0.25) is 0 Å². The molecule has 3 heteroatoms. The molecule has 18 heavy (non-hydrogen) atoms. The number of likely N-dealkylation sites (tertiary alicyclic amines) is 1. The van der Waals surface area contributed by atoms with Gasteiger partial charge in [0.15, 0.2) is 0 Å². The summed E-state index contributed by atoms with van der Waals surface area (Å²) in [6.07, 6.45) is 6.90. The Balaban J connectivity index is 1.98. The van der Waals surface area contributed by atoms with Crippen LogP contribution >= 0.6 is 0 Å². The highest BCUT2D eigenvalue weighted by atomic mass is 16.2. The lowest BCUT2D eigenvalue weighted by Gasteiger charge is -2.38. The topological polar surface area (TPSA) is 46.3 Å². The first kappa shape index (κ1) is 13.9. The van der Waals surface area contributed by atoms with Gasteiger partial charge in [-0.05, 0) is 37.5 Å². The number of hydrogen-bond donors (Lipinski definition) is 1. The lowest BCUT2D eigenvalue weighted by Crippen LogP contribution is -2.46. The minimum Gasteiger partial charge on any atom is -0.342 e. The van der Waals surface area contributed by atoms with E-state index in [1.54, 1.807) is 0 Å². The minimum absolute atomic E-state index is 0.175. The van der Waals surface area contributed by atoms with Gasteiger partial charge in [-0.1, -0.05) is 26.7 Å². The molecular weight excluding hydrogens is 224 g/mol. The SMILES string of the molecule is CC1CC(C)C(C(=O)N2CCCCCC2)CC1N. The van der Waals surface area contributed by atoms with E-state index in [-0.39, 0.29) is 12.0 Å². The van der Waals surface area contributed by atoms with E-state index in [0.717, 1.165) is 25.9 Å². The molecule has 2 aliphatic rings. The van der Waals surface area contributed by atoms with Gasteiger partial charge < -0.3 is 10.6 Å². The van der Waals surface area contributed by atoms with E-state index in [4.69, 9.17) is 5.73 Å². The van der Waals surface area contributed by atoms with Gasteiger partial charge in [0, 0.05) is 25.0 Å². The zero-order valence-corrected chi connectivity index (χ0v) is 11.9. The number of carbonyl (C=O) groups excluding carboxylic acids is 1. The molecule has 1 aliphatic heterocycles. The molecule has 0 aromatic carbocycles. The summed E-state index contributed by atoms with van der Waals surface area (Å²) in [5.74, 6) is 1.62. The summed E-state index contributed by atoms with van der Waals surface area (Å²) in [5, 5.41) is 0. The highest BCUT2D eigenvalue weighted by Crippen LogP contribution is 2.34. The summed E-state index contributed by atoms with van der Waals surface area (Å²) in [6.45, 7) is 6.37. The van der Waals surface area contributed by atoms with Gasteiger partial charge in [0.05, 0.1) is 0 Å². The normalized spacial score (nSPS) is 38.3. The second kappa shape index (κ2) is 6.05. The van der Waals surface area contributed by atoms with Gasteiger partial charge in [0.1, 0.15) is 0 Å². The van der Waals surface area contributed by atoms with E-state index >= 15 is 0 Å². The van der Waals surface area contributed by atoms with Crippen molar-refractivity contribution in [2.45, 2.75) is 58.4 Å². The predicted molar refractivity (Wildman–Crippen MR) is 74.1 cm³/mol. The summed E-state index contributed by atoms with van der Waals surface area (Å²) < 4.78 is 0. The zero-order chi connectivity index (χ0) is 13.1. The third-order valence-corrected chi connectivity index (χ3v) is 4.92. The number of hydrogen-bond acceptors (Lipinski definition) is 2. The first-order valence-electron chi connectivity index (χ1n) is 7.64. The molecule has 1 amide bonds. The second-order valence-electron chi connectivity index (χ2n) is 6.44. The zero-order valence-electron chi connectivity index (χ0n) is 11.9.